The minimum Gasteiger partial charge on any atom is -0.494 e. The molecule has 18 heavy (non-hydrogen) atoms. The van der Waals surface area contributed by atoms with Crippen LogP contribution in [0.3, 0.4) is 0 Å². The second kappa shape index (κ2) is 7.71. The minimum absolute atomic E-state index is 0.00551. The molecule has 0 fully saturated rings. The highest BCUT2D eigenvalue weighted by Gasteiger charge is 2.08. The minimum atomic E-state index is 0.00551. The largest absolute Gasteiger partial charge is 0.494 e. The lowest BCUT2D eigenvalue weighted by atomic mass is 10.1. The van der Waals surface area contributed by atoms with Crippen LogP contribution >= 0.6 is 0 Å². The number of carbonyl (C=O) groups excluding carboxylic acids is 1. The van der Waals surface area contributed by atoms with Gasteiger partial charge in [-0.25, -0.2) is 0 Å². The van der Waals surface area contributed by atoms with Crippen molar-refractivity contribution in [2.24, 2.45) is 5.73 Å². The number of benzene rings is 1. The van der Waals surface area contributed by atoms with Crippen LogP contribution in [0.1, 0.15) is 38.3 Å². The van der Waals surface area contributed by atoms with Crippen LogP contribution in [0.4, 0.5) is 0 Å². The molecule has 0 unspecified atom stereocenters. The summed E-state index contributed by atoms with van der Waals surface area (Å²) < 4.78 is 5.37. The Balaban J connectivity index is 2.50. The quantitative estimate of drug-likeness (QED) is 0.778. The molecule has 0 bridgehead atoms. The van der Waals surface area contributed by atoms with Crippen molar-refractivity contribution in [1.82, 2.24) is 5.32 Å². The Morgan fingerprint density at radius 3 is 2.61 bits per heavy atom. The van der Waals surface area contributed by atoms with E-state index in [0.29, 0.717) is 19.6 Å². The molecule has 0 aliphatic heterocycles. The summed E-state index contributed by atoms with van der Waals surface area (Å²) in [4.78, 5) is 11.6. The lowest BCUT2D eigenvalue weighted by Gasteiger charge is -2.14. The van der Waals surface area contributed by atoms with E-state index in [9.17, 15) is 4.79 Å². The Bertz CT molecular complexity index is 363. The summed E-state index contributed by atoms with van der Waals surface area (Å²) in [6, 6.07) is 7.78. The lowest BCUT2D eigenvalue weighted by Crippen LogP contribution is -2.26. The monoisotopic (exact) mass is 250 g/mol. The van der Waals surface area contributed by atoms with Crippen molar-refractivity contribution in [3.8, 4) is 5.75 Å². The molecule has 1 aromatic rings. The molecule has 0 aromatic heterocycles. The molecule has 4 heteroatoms. The topological polar surface area (TPSA) is 64.3 Å². The first-order valence-electron chi connectivity index (χ1n) is 6.39. The number of hydrogen-bond acceptors (Lipinski definition) is 3. The van der Waals surface area contributed by atoms with Gasteiger partial charge in [-0.05, 0) is 44.5 Å². The van der Waals surface area contributed by atoms with E-state index >= 15 is 0 Å². The number of carbonyl (C=O) groups is 1. The predicted molar refractivity (Wildman–Crippen MR) is 72.5 cm³/mol. The third-order valence-corrected chi connectivity index (χ3v) is 2.68. The van der Waals surface area contributed by atoms with Crippen molar-refractivity contribution in [2.75, 3.05) is 13.2 Å². The van der Waals surface area contributed by atoms with E-state index in [2.05, 4.69) is 5.32 Å². The summed E-state index contributed by atoms with van der Waals surface area (Å²) >= 11 is 0. The third kappa shape index (κ3) is 4.75. The molecule has 0 heterocycles. The molecule has 0 aliphatic carbocycles. The van der Waals surface area contributed by atoms with Gasteiger partial charge in [0.1, 0.15) is 5.75 Å². The number of nitrogens with one attached hydrogen (secondary N) is 1. The highest BCUT2D eigenvalue weighted by molar-refractivity contribution is 5.76. The Hall–Kier alpha value is -1.55. The number of amides is 1. The van der Waals surface area contributed by atoms with E-state index in [0.717, 1.165) is 17.7 Å². The highest BCUT2D eigenvalue weighted by atomic mass is 16.5. The second-order valence-electron chi connectivity index (χ2n) is 4.18. The van der Waals surface area contributed by atoms with Gasteiger partial charge in [-0.1, -0.05) is 12.1 Å². The van der Waals surface area contributed by atoms with Crippen molar-refractivity contribution in [3.63, 3.8) is 0 Å². The van der Waals surface area contributed by atoms with Crippen LogP contribution in [0.5, 0.6) is 5.75 Å². The zero-order valence-electron chi connectivity index (χ0n) is 11.1. The Labute approximate surface area is 109 Å². The number of rotatable bonds is 7. The fraction of sp³-hybridized carbons (Fsp3) is 0.500. The summed E-state index contributed by atoms with van der Waals surface area (Å²) in [5.74, 6) is 0.893. The number of hydrogen-bond donors (Lipinski definition) is 2. The molecule has 0 spiro atoms. The molecule has 0 saturated carbocycles. The maximum atomic E-state index is 11.6. The first-order valence-corrected chi connectivity index (χ1v) is 6.39. The number of ether oxygens (including phenoxy) is 1. The average Bonchev–Trinajstić information content (AvgIpc) is 2.37. The van der Waals surface area contributed by atoms with Gasteiger partial charge < -0.3 is 15.8 Å². The fourth-order valence-electron chi connectivity index (χ4n) is 1.68. The van der Waals surface area contributed by atoms with Crippen LogP contribution in [-0.4, -0.2) is 19.1 Å². The molecule has 1 aromatic carbocycles. The zero-order chi connectivity index (χ0) is 13.4. The molecular formula is C14H22N2O2. The number of nitrogens with two attached hydrogens (primary N) is 1. The van der Waals surface area contributed by atoms with E-state index in [1.54, 1.807) is 0 Å². The summed E-state index contributed by atoms with van der Waals surface area (Å²) in [5, 5.41) is 2.95. The van der Waals surface area contributed by atoms with Crippen LogP contribution in [0.2, 0.25) is 0 Å². The van der Waals surface area contributed by atoms with E-state index in [1.807, 2.05) is 38.1 Å². The molecule has 3 N–H and O–H groups in total. The van der Waals surface area contributed by atoms with Gasteiger partial charge in [0.25, 0.3) is 0 Å². The van der Waals surface area contributed by atoms with Crippen LogP contribution in [0.25, 0.3) is 0 Å². The maximum Gasteiger partial charge on any atom is 0.220 e. The highest BCUT2D eigenvalue weighted by Crippen LogP contribution is 2.17. The molecule has 0 saturated heterocycles. The molecule has 100 valence electrons. The van der Waals surface area contributed by atoms with Crippen molar-refractivity contribution in [3.05, 3.63) is 29.8 Å². The van der Waals surface area contributed by atoms with Gasteiger partial charge in [0.2, 0.25) is 5.91 Å². The summed E-state index contributed by atoms with van der Waals surface area (Å²) in [6.45, 7) is 5.12. The zero-order valence-corrected chi connectivity index (χ0v) is 11.1. The molecule has 0 radical (unpaired) electrons. The second-order valence-corrected chi connectivity index (χ2v) is 4.18. The SMILES string of the molecule is CCOc1ccc([C@@H](C)NC(=O)CCCN)cc1. The first-order chi connectivity index (χ1) is 8.67. The van der Waals surface area contributed by atoms with Gasteiger partial charge >= 0.3 is 0 Å². The van der Waals surface area contributed by atoms with E-state index in [4.69, 9.17) is 10.5 Å². The predicted octanol–water partition coefficient (Wildman–Crippen LogP) is 2.00. The van der Waals surface area contributed by atoms with Gasteiger partial charge in [0, 0.05) is 6.42 Å². The van der Waals surface area contributed by atoms with Crippen LogP contribution < -0.4 is 15.8 Å². The molecule has 4 nitrogen and oxygen atoms in total. The normalized spacial score (nSPS) is 11.9. The lowest BCUT2D eigenvalue weighted by molar-refractivity contribution is -0.121. The van der Waals surface area contributed by atoms with Crippen molar-refractivity contribution >= 4 is 5.91 Å². The average molecular weight is 250 g/mol. The summed E-state index contributed by atoms with van der Waals surface area (Å²) in [6.07, 6.45) is 1.21. The van der Waals surface area contributed by atoms with Crippen LogP contribution in [-0.2, 0) is 4.79 Å². The van der Waals surface area contributed by atoms with Crippen molar-refractivity contribution in [1.29, 1.82) is 0 Å². The Kier molecular flexibility index (Phi) is 6.22. The van der Waals surface area contributed by atoms with Crippen LogP contribution in [0.15, 0.2) is 24.3 Å². The van der Waals surface area contributed by atoms with Gasteiger partial charge in [0.15, 0.2) is 0 Å². The van der Waals surface area contributed by atoms with Gasteiger partial charge in [-0.3, -0.25) is 4.79 Å². The molecule has 0 aliphatic rings. The van der Waals surface area contributed by atoms with Crippen LogP contribution in [0, 0.1) is 0 Å². The van der Waals surface area contributed by atoms with E-state index in [-0.39, 0.29) is 11.9 Å². The summed E-state index contributed by atoms with van der Waals surface area (Å²) in [5.41, 5.74) is 6.44. The van der Waals surface area contributed by atoms with E-state index in [1.165, 1.54) is 0 Å². The third-order valence-electron chi connectivity index (χ3n) is 2.68. The molecular weight excluding hydrogens is 228 g/mol. The first kappa shape index (κ1) is 14.5. The molecule has 1 rings (SSSR count). The maximum absolute atomic E-state index is 11.6. The van der Waals surface area contributed by atoms with Crippen molar-refractivity contribution < 1.29 is 9.53 Å². The smallest absolute Gasteiger partial charge is 0.220 e. The van der Waals surface area contributed by atoms with Gasteiger partial charge in [-0.2, -0.15) is 0 Å². The summed E-state index contributed by atoms with van der Waals surface area (Å²) in [7, 11) is 0. The molecule has 1 atom stereocenters. The standard InChI is InChI=1S/C14H22N2O2/c1-3-18-13-8-6-12(7-9-13)11(2)16-14(17)5-4-10-15/h6-9,11H,3-5,10,15H2,1-2H3,(H,16,17)/t11-/m1/s1. The van der Waals surface area contributed by atoms with Crippen molar-refractivity contribution in [2.45, 2.75) is 32.7 Å². The van der Waals surface area contributed by atoms with Gasteiger partial charge in [-0.15, -0.1) is 0 Å². The van der Waals surface area contributed by atoms with Gasteiger partial charge in [0.05, 0.1) is 12.6 Å². The fourth-order valence-corrected chi connectivity index (χ4v) is 1.68. The Morgan fingerprint density at radius 2 is 2.06 bits per heavy atom. The Morgan fingerprint density at radius 1 is 1.39 bits per heavy atom. The van der Waals surface area contributed by atoms with E-state index < -0.39 is 0 Å². The molecule has 1 amide bonds.